The van der Waals surface area contributed by atoms with Crippen LogP contribution in [0, 0.1) is 29.6 Å². The van der Waals surface area contributed by atoms with Crippen LogP contribution < -0.4 is 0 Å². The molecular formula is C35H50N2O11. The van der Waals surface area contributed by atoms with Crippen LogP contribution in [0.4, 0.5) is 0 Å². The minimum atomic E-state index is -1.16. The molecule has 48 heavy (non-hydrogen) atoms. The number of esters is 4. The van der Waals surface area contributed by atoms with Gasteiger partial charge in [-0.1, -0.05) is 37.6 Å². The predicted molar refractivity (Wildman–Crippen MR) is 172 cm³/mol. The number of carbonyl (C=O) groups excluding carboxylic acids is 4. The first-order chi connectivity index (χ1) is 22.8. The maximum absolute atomic E-state index is 13.4. The minimum absolute atomic E-state index is 0.0358. The van der Waals surface area contributed by atoms with E-state index in [0.29, 0.717) is 31.7 Å². The van der Waals surface area contributed by atoms with Crippen molar-refractivity contribution in [2.75, 3.05) is 41.0 Å². The lowest BCUT2D eigenvalue weighted by Crippen LogP contribution is -2.51. The number of H-pyrrole nitrogens is 1. The van der Waals surface area contributed by atoms with Crippen LogP contribution >= 0.6 is 0 Å². The van der Waals surface area contributed by atoms with Crippen molar-refractivity contribution in [2.45, 2.75) is 77.2 Å². The Kier molecular flexibility index (Phi) is 13.0. The summed E-state index contributed by atoms with van der Waals surface area (Å²) in [6.45, 7) is 8.09. The Morgan fingerprint density at radius 1 is 1.19 bits per heavy atom. The quantitative estimate of drug-likeness (QED) is 0.162. The average Bonchev–Trinajstić information content (AvgIpc) is 3.70. The average molecular weight is 675 g/mol. The number of allylic oxidation sites excluding steroid dienone is 2. The number of nitrogens with zero attached hydrogens (tertiary/aromatic N) is 1. The number of aliphatic hydroxyl groups excluding tert-OH is 1. The first-order valence-electron chi connectivity index (χ1n) is 16.6. The molecule has 13 nitrogen and oxygen atoms in total. The maximum Gasteiger partial charge on any atom is 0.417 e. The Bertz CT molecular complexity index is 1330. The van der Waals surface area contributed by atoms with Crippen LogP contribution in [0.3, 0.4) is 0 Å². The largest absolute Gasteiger partial charge is 0.456 e. The van der Waals surface area contributed by atoms with Crippen molar-refractivity contribution in [1.82, 2.24) is 9.88 Å². The summed E-state index contributed by atoms with van der Waals surface area (Å²) >= 11 is 0. The summed E-state index contributed by atoms with van der Waals surface area (Å²) < 4.78 is 33.8. The molecule has 2 unspecified atom stereocenters. The van der Waals surface area contributed by atoms with Crippen molar-refractivity contribution < 1.29 is 52.7 Å². The number of aromatic amines is 1. The molecule has 1 aliphatic carbocycles. The van der Waals surface area contributed by atoms with E-state index in [1.54, 1.807) is 25.3 Å². The number of fused-ring (bicyclic) bond motifs is 2. The van der Waals surface area contributed by atoms with Crippen LogP contribution in [0.2, 0.25) is 0 Å². The molecule has 3 heterocycles. The first-order valence-corrected chi connectivity index (χ1v) is 16.6. The normalized spacial score (nSPS) is 34.2. The lowest BCUT2D eigenvalue weighted by atomic mass is 9.71. The fourth-order valence-electron chi connectivity index (χ4n) is 6.89. The molecule has 2 aliphatic heterocycles. The molecular weight excluding hydrogens is 624 g/mol. The summed E-state index contributed by atoms with van der Waals surface area (Å²) in [6.07, 6.45) is 4.01. The van der Waals surface area contributed by atoms with Gasteiger partial charge in [-0.3, -0.25) is 0 Å². The Hall–Kier alpha value is -3.52. The summed E-state index contributed by atoms with van der Waals surface area (Å²) in [5.74, 6) is -4.58. The van der Waals surface area contributed by atoms with E-state index in [1.165, 1.54) is 7.11 Å². The van der Waals surface area contributed by atoms with Crippen molar-refractivity contribution >= 4 is 23.9 Å². The monoisotopic (exact) mass is 674 g/mol. The van der Waals surface area contributed by atoms with Crippen LogP contribution in [0.25, 0.3) is 0 Å². The van der Waals surface area contributed by atoms with Crippen molar-refractivity contribution in [3.05, 3.63) is 47.8 Å². The minimum Gasteiger partial charge on any atom is -0.456 e. The van der Waals surface area contributed by atoms with Crippen LogP contribution in [-0.4, -0.2) is 116 Å². The van der Waals surface area contributed by atoms with E-state index in [1.807, 2.05) is 58.0 Å². The zero-order valence-corrected chi connectivity index (χ0v) is 28.8. The highest BCUT2D eigenvalue weighted by atomic mass is 16.6. The second kappa shape index (κ2) is 16.7. The van der Waals surface area contributed by atoms with Crippen molar-refractivity contribution in [3.8, 4) is 0 Å². The second-order valence-electron chi connectivity index (χ2n) is 13.5. The SMILES string of the molecule is CO[C@H]1C[C@@H](/C=C\C2C3CO[C@H]2[C@H](OC(=O)c2ccc[nH]2)[C@H](C)[C@H]3O)C/C(C)=C/[C@@H](C)[C@@H]([C@@H](C)OC(=O)C(=O)OCCN(C)C)OC1=O. The van der Waals surface area contributed by atoms with Gasteiger partial charge in [0.05, 0.1) is 12.7 Å². The molecule has 1 saturated heterocycles. The van der Waals surface area contributed by atoms with Crippen molar-refractivity contribution in [3.63, 3.8) is 0 Å². The topological polar surface area (TPSA) is 163 Å². The van der Waals surface area contributed by atoms with E-state index in [4.69, 9.17) is 28.4 Å². The lowest BCUT2D eigenvalue weighted by Gasteiger charge is -2.40. The molecule has 0 radical (unpaired) electrons. The number of carbonyl (C=O) groups is 4. The third-order valence-electron chi connectivity index (χ3n) is 9.50. The highest BCUT2D eigenvalue weighted by Crippen LogP contribution is 2.44. The standard InChI is InChI=1S/C35H50N2O11/c1-19-15-20(2)29(22(4)46-35(42)34(41)44-14-13-37(5)6)47-33(40)27(43-7)17-23(16-19)10-11-24-25-18-45-31(24)30(21(3)28(25)38)48-32(39)26-9-8-12-36-26/h8-12,15,20-25,27-31,36,38H,13-14,16-18H2,1-7H3/b11-10-,19-15+/t20-,21-,22-,23+,24?,25?,27+,28-,29+,30-,31-/m1/s1. The number of aromatic nitrogens is 1. The molecule has 266 valence electrons. The van der Waals surface area contributed by atoms with Crippen molar-refractivity contribution in [1.29, 1.82) is 0 Å². The molecule has 0 spiro atoms. The van der Waals surface area contributed by atoms with E-state index in [-0.39, 0.29) is 36.2 Å². The summed E-state index contributed by atoms with van der Waals surface area (Å²) in [6, 6.07) is 3.35. The molecule has 2 fully saturated rings. The third kappa shape index (κ3) is 9.13. The highest BCUT2D eigenvalue weighted by molar-refractivity contribution is 6.29. The summed E-state index contributed by atoms with van der Waals surface area (Å²) in [5.41, 5.74) is 1.35. The Labute approximate surface area is 281 Å². The highest BCUT2D eigenvalue weighted by Gasteiger charge is 2.54. The molecule has 2 bridgehead atoms. The van der Waals surface area contributed by atoms with Crippen LogP contribution in [-0.2, 0) is 42.8 Å². The Morgan fingerprint density at radius 3 is 2.60 bits per heavy atom. The number of hydrogen-bond donors (Lipinski definition) is 2. The van der Waals surface area contributed by atoms with E-state index in [9.17, 15) is 24.3 Å². The molecule has 1 aromatic rings. The number of rotatable bonds is 10. The summed E-state index contributed by atoms with van der Waals surface area (Å²) in [7, 11) is 5.06. The first kappa shape index (κ1) is 37.3. The molecule has 2 N–H and O–H groups in total. The lowest BCUT2D eigenvalue weighted by molar-refractivity contribution is -0.183. The van der Waals surface area contributed by atoms with Crippen LogP contribution in [0.5, 0.6) is 0 Å². The van der Waals surface area contributed by atoms with Gasteiger partial charge in [0.25, 0.3) is 0 Å². The summed E-state index contributed by atoms with van der Waals surface area (Å²) in [5, 5.41) is 11.2. The number of likely N-dealkylation sites (N-methyl/N-ethyl adjacent to an activating group) is 1. The van der Waals surface area contributed by atoms with Gasteiger partial charge in [0.1, 0.15) is 36.7 Å². The van der Waals surface area contributed by atoms with Gasteiger partial charge >= 0.3 is 23.9 Å². The molecule has 11 atom stereocenters. The van der Waals surface area contributed by atoms with Gasteiger partial charge in [-0.25, -0.2) is 19.2 Å². The van der Waals surface area contributed by atoms with Gasteiger partial charge in [-0.15, -0.1) is 0 Å². The van der Waals surface area contributed by atoms with Gasteiger partial charge in [0, 0.05) is 43.5 Å². The van der Waals surface area contributed by atoms with Gasteiger partial charge < -0.3 is 43.4 Å². The molecule has 1 aromatic heterocycles. The third-order valence-corrected chi connectivity index (χ3v) is 9.50. The van der Waals surface area contributed by atoms with E-state index < -0.39 is 60.5 Å². The zero-order chi connectivity index (χ0) is 35.1. The Morgan fingerprint density at radius 2 is 1.94 bits per heavy atom. The molecule has 13 heteroatoms. The zero-order valence-electron chi connectivity index (χ0n) is 28.8. The van der Waals surface area contributed by atoms with Crippen LogP contribution in [0.1, 0.15) is 51.0 Å². The number of ether oxygens (including phenoxy) is 6. The fraction of sp³-hybridized carbons (Fsp3) is 0.657. The maximum atomic E-state index is 13.4. The van der Waals surface area contributed by atoms with Gasteiger partial charge in [0.15, 0.2) is 6.10 Å². The van der Waals surface area contributed by atoms with Gasteiger partial charge in [-0.2, -0.15) is 0 Å². The molecule has 4 rings (SSSR count). The molecule has 3 aliphatic rings. The van der Waals surface area contributed by atoms with Gasteiger partial charge in [-0.05, 0) is 58.8 Å². The van der Waals surface area contributed by atoms with E-state index in [0.717, 1.165) is 5.57 Å². The second-order valence-corrected chi connectivity index (χ2v) is 13.5. The molecule has 1 saturated carbocycles. The Balaban J connectivity index is 1.47. The number of hydrogen-bond acceptors (Lipinski definition) is 12. The fourth-order valence-corrected chi connectivity index (χ4v) is 6.89. The molecule has 0 aromatic carbocycles. The number of aliphatic hydroxyl groups is 1. The number of cyclic esters (lactones) is 1. The number of nitrogens with one attached hydrogen (secondary N) is 1. The predicted octanol–water partition coefficient (Wildman–Crippen LogP) is 2.69. The number of methoxy groups -OCH3 is 1. The van der Waals surface area contributed by atoms with Crippen molar-refractivity contribution in [2.24, 2.45) is 29.6 Å². The smallest absolute Gasteiger partial charge is 0.417 e. The summed E-state index contributed by atoms with van der Waals surface area (Å²) in [4.78, 5) is 55.4. The van der Waals surface area contributed by atoms with E-state index >= 15 is 0 Å². The van der Waals surface area contributed by atoms with Crippen LogP contribution in [0.15, 0.2) is 42.1 Å². The van der Waals surface area contributed by atoms with E-state index in [2.05, 4.69) is 4.98 Å². The molecule has 0 amide bonds. The van der Waals surface area contributed by atoms with Gasteiger partial charge in [0.2, 0.25) is 0 Å².